The first-order valence-corrected chi connectivity index (χ1v) is 44.1. The number of carboxylic acid groups (broad SMARTS) is 2. The number of likely N-dealkylation sites (N-methyl/N-ethyl adjacent to an activating group) is 2. The molecule has 16 amide bonds. The van der Waals surface area contributed by atoms with Crippen molar-refractivity contribution in [2.75, 3.05) is 53.4 Å². The number of nitrogens with one attached hydrogen (secondary N) is 13. The third-order valence-corrected chi connectivity index (χ3v) is 23.4. The fourth-order valence-electron chi connectivity index (χ4n) is 16.2. The summed E-state index contributed by atoms with van der Waals surface area (Å²) in [4.78, 5) is 269. The minimum atomic E-state index is -1.28. The Morgan fingerprint density at radius 2 is 0.672 bits per heavy atom. The van der Waals surface area contributed by atoms with E-state index in [0.29, 0.717) is 57.9 Å². The van der Waals surface area contributed by atoms with Crippen LogP contribution in [0.15, 0.2) is 60.7 Å². The average molecular weight is 1790 g/mol. The molecule has 0 aliphatic carbocycles. The molecule has 5 aliphatic heterocycles. The molecule has 0 spiro atoms. The molecule has 40 heteroatoms. The quantitative estimate of drug-likeness (QED) is 0.0346. The van der Waals surface area contributed by atoms with Gasteiger partial charge >= 0.3 is 11.9 Å². The number of hydrogen-bond acceptors (Lipinski definition) is 22. The number of benzene rings is 2. The van der Waals surface area contributed by atoms with Crippen LogP contribution in [0.5, 0.6) is 0 Å². The first-order valence-electron chi connectivity index (χ1n) is 44.1. The van der Waals surface area contributed by atoms with Crippen molar-refractivity contribution < 1.29 is 106 Å². The van der Waals surface area contributed by atoms with Gasteiger partial charge in [-0.15, -0.1) is 0 Å². The molecule has 7 rings (SSSR count). The van der Waals surface area contributed by atoms with Crippen molar-refractivity contribution in [3.63, 3.8) is 0 Å². The van der Waals surface area contributed by atoms with Gasteiger partial charge in [-0.25, -0.2) is 0 Å². The molecule has 0 saturated carbocycles. The van der Waals surface area contributed by atoms with Crippen LogP contribution in [-0.2, 0) is 109 Å². The number of likely N-dealkylation sites (tertiary alicyclic amines) is 5. The van der Waals surface area contributed by atoms with Gasteiger partial charge in [-0.1, -0.05) is 102 Å². The van der Waals surface area contributed by atoms with E-state index in [9.17, 15) is 101 Å². The number of nitrogens with zero attached hydrogens (tertiary/aromatic N) is 5. The van der Waals surface area contributed by atoms with Gasteiger partial charge in [0, 0.05) is 45.6 Å². The van der Waals surface area contributed by atoms with Gasteiger partial charge in [-0.2, -0.15) is 0 Å². The van der Waals surface area contributed by atoms with Crippen molar-refractivity contribution in [1.29, 1.82) is 0 Å². The highest BCUT2D eigenvalue weighted by atomic mass is 16.4. The molecule has 706 valence electrons. The number of aliphatic carboxylic acids is 2. The number of amides is 16. The molecular weight excluding hydrogens is 1660 g/mol. The average Bonchev–Trinajstić information content (AvgIpc) is 1.64. The van der Waals surface area contributed by atoms with E-state index < -0.39 is 234 Å². The van der Waals surface area contributed by atoms with Crippen LogP contribution in [0.25, 0.3) is 0 Å². The summed E-state index contributed by atoms with van der Waals surface area (Å²) in [6, 6.07) is 0.830. The molecule has 2 aromatic carbocycles. The van der Waals surface area contributed by atoms with Gasteiger partial charge in [-0.05, 0) is 162 Å². The summed E-state index contributed by atoms with van der Waals surface area (Å²) in [5.74, 6) is -13.0. The number of carbonyl (C=O) groups is 20. The Hall–Kier alpha value is -11.8. The third kappa shape index (κ3) is 30.4. The van der Waals surface area contributed by atoms with E-state index in [1.54, 1.807) is 70.0 Å². The van der Waals surface area contributed by atoms with Gasteiger partial charge < -0.3 is 104 Å². The smallest absolute Gasteiger partial charge is 0.305 e. The normalized spacial score (nSPS) is 20.0. The van der Waals surface area contributed by atoms with Crippen LogP contribution in [0, 0.1) is 17.8 Å². The first-order chi connectivity index (χ1) is 60.4. The largest absolute Gasteiger partial charge is 0.481 e. The van der Waals surface area contributed by atoms with Gasteiger partial charge in [0.2, 0.25) is 94.5 Å². The number of carbonyl (C=O) groups excluding carboxylic acids is 18. The summed E-state index contributed by atoms with van der Waals surface area (Å²) in [5, 5.41) is 52.9. The van der Waals surface area contributed by atoms with Crippen LogP contribution >= 0.6 is 0 Å². The van der Waals surface area contributed by atoms with E-state index in [2.05, 4.69) is 69.1 Å². The van der Waals surface area contributed by atoms with Crippen molar-refractivity contribution in [3.05, 3.63) is 71.8 Å². The molecule has 5 heterocycles. The molecule has 0 unspecified atom stereocenters. The summed E-state index contributed by atoms with van der Waals surface area (Å²) < 4.78 is 0. The van der Waals surface area contributed by atoms with E-state index in [-0.39, 0.29) is 81.8 Å². The maximum atomic E-state index is 13.9. The predicted octanol–water partition coefficient (Wildman–Crippen LogP) is -1.86. The molecule has 0 aromatic heterocycles. The Labute approximate surface area is 746 Å². The minimum absolute atomic E-state index is 0.0499. The van der Waals surface area contributed by atoms with Crippen LogP contribution in [0.2, 0.25) is 0 Å². The van der Waals surface area contributed by atoms with Crippen molar-refractivity contribution in [3.8, 4) is 0 Å². The molecular formula is C88H132N18O22. The topological polar surface area (TPSA) is 554 Å². The number of carboxylic acids is 2. The molecule has 5 aliphatic rings. The standard InChI is InChI=1S/C53H85N13O15.C35H47N5O7/c1-26(2)41(33(10)67)61-50(78)38-19-15-23-66(38)53(81)42(27(3)4)62-45(73)30(7)58-47(75)35-16-12-20-63(35)39(68)25-55-43(71)28(5)56-48(76)36-17-13-21-64(36)51(79)31(8)59-44(72)29(6)57-49(77)37-18-14-22-65(37)52(80)32(9)60-46(74)34(54-11)24-40(69)70;1-22(2)18-29(36-4)35(47)40-17-11-16-30(40)34(46)39-28(20-25-14-9-6-10-15-25)33(45)38-27(19-24-12-7-5-8-13-24)32(44)37-26(23(3)41)21-31(42)43/h26-32,34-38,41-42,54H,12-25H2,1-11H3,(H,55,71)(H,56,76)(H,57,77)(H,58,75)(H,59,72)(H,60,74)(H,61,78)(H,62,73)(H,69,70);5-10,12-15,22,26-30,36H,11,16-21H2,1-4H3,(H,37,44)(H,38,45)(H,39,46)(H,42,43)/t28-,29-,30-,31-,32-,34-,35+,36+,37-,38+,41-,42-;26-,27-,28-,29-,30-/m10/s1. The zero-order valence-electron chi connectivity index (χ0n) is 76.0. The molecule has 5 fully saturated rings. The second-order valence-corrected chi connectivity index (χ2v) is 34.6. The van der Waals surface area contributed by atoms with E-state index in [4.69, 9.17) is 5.11 Å². The van der Waals surface area contributed by atoms with Gasteiger partial charge in [0.05, 0.1) is 43.6 Å². The van der Waals surface area contributed by atoms with Gasteiger partial charge in [0.25, 0.3) is 0 Å². The van der Waals surface area contributed by atoms with E-state index >= 15 is 0 Å². The molecule has 128 heavy (non-hydrogen) atoms. The Kier molecular flexibility index (Phi) is 41.0. The lowest BCUT2D eigenvalue weighted by Gasteiger charge is -2.32. The lowest BCUT2D eigenvalue weighted by Crippen LogP contribution is -2.59. The zero-order valence-corrected chi connectivity index (χ0v) is 76.0. The summed E-state index contributed by atoms with van der Waals surface area (Å²) in [5.41, 5.74) is 1.48. The lowest BCUT2D eigenvalue weighted by molar-refractivity contribution is -0.143. The van der Waals surface area contributed by atoms with Gasteiger partial charge in [-0.3, -0.25) is 95.9 Å². The van der Waals surface area contributed by atoms with Crippen LogP contribution in [0.4, 0.5) is 0 Å². The lowest BCUT2D eigenvalue weighted by atomic mass is 9.99. The zero-order chi connectivity index (χ0) is 95.2. The minimum Gasteiger partial charge on any atom is -0.481 e. The summed E-state index contributed by atoms with van der Waals surface area (Å²) in [7, 11) is 3.13. The molecule has 5 saturated heterocycles. The second-order valence-electron chi connectivity index (χ2n) is 34.6. The maximum absolute atomic E-state index is 13.9. The monoisotopic (exact) mass is 1790 g/mol. The summed E-state index contributed by atoms with van der Waals surface area (Å²) >= 11 is 0. The van der Waals surface area contributed by atoms with Crippen molar-refractivity contribution in [2.45, 2.75) is 289 Å². The summed E-state index contributed by atoms with van der Waals surface area (Å²) in [6.45, 7) is 21.4. The maximum Gasteiger partial charge on any atom is 0.305 e. The SMILES string of the molecule is CN[C@@H](CC(C)C)C(=O)N1CCC[C@H]1C(=O)N[C@@H](Cc1ccccc1)C(=O)N[C@@H](Cc1ccccc1)C(=O)N[C@@H](CC(=O)O)C(C)=O.CN[C@H](CC(=O)O)C(=O)N[C@H](C)C(=O)N1CCC[C@@H]1C(=O)N[C@H](C)C(=O)N[C@H](C)C(=O)N1CCC[C@H]1C(=O)N[C@H](C)C(=O)NCC(=O)N1CCC[C@H]1C(=O)N[C@H](C)C(=O)N[C@@H](C(=O)N1CCC[C@H]1C(=O)N[C@@H](C(C)=O)C(C)C)C(C)C. The highest BCUT2D eigenvalue weighted by Gasteiger charge is 2.46. The summed E-state index contributed by atoms with van der Waals surface area (Å²) in [6.07, 6.45) is 3.78. The molecule has 15 N–H and O–H groups in total. The number of ketones is 2. The molecule has 0 radical (unpaired) electrons. The number of Topliss-reactive ketones (excluding diaryl/α,β-unsaturated/α-hetero) is 2. The Morgan fingerprint density at radius 1 is 0.336 bits per heavy atom. The highest BCUT2D eigenvalue weighted by Crippen LogP contribution is 2.26. The fraction of sp³-hybridized carbons (Fsp3) is 0.636. The van der Waals surface area contributed by atoms with Crippen LogP contribution in [-0.4, -0.2) is 309 Å². The molecule has 17 atom stereocenters. The van der Waals surface area contributed by atoms with Crippen LogP contribution < -0.4 is 69.1 Å². The van der Waals surface area contributed by atoms with Crippen LogP contribution in [0.1, 0.15) is 185 Å². The van der Waals surface area contributed by atoms with Crippen molar-refractivity contribution in [2.24, 2.45) is 17.8 Å². The third-order valence-electron chi connectivity index (χ3n) is 23.4. The van der Waals surface area contributed by atoms with Crippen LogP contribution in [0.3, 0.4) is 0 Å². The van der Waals surface area contributed by atoms with E-state index in [1.165, 1.54) is 75.1 Å². The van der Waals surface area contributed by atoms with Gasteiger partial charge in [0.15, 0.2) is 11.6 Å². The predicted molar refractivity (Wildman–Crippen MR) is 465 cm³/mol. The van der Waals surface area contributed by atoms with E-state index in [1.807, 2.05) is 44.2 Å². The number of hydrogen-bond donors (Lipinski definition) is 15. The Morgan fingerprint density at radius 3 is 1.06 bits per heavy atom. The fourth-order valence-corrected chi connectivity index (χ4v) is 16.2. The Bertz CT molecular complexity index is 4310. The van der Waals surface area contributed by atoms with Crippen molar-refractivity contribution in [1.82, 2.24) is 93.6 Å². The highest BCUT2D eigenvalue weighted by molar-refractivity contribution is 6.02. The first kappa shape index (κ1) is 105. The molecule has 40 nitrogen and oxygen atoms in total. The molecule has 0 bridgehead atoms. The van der Waals surface area contributed by atoms with E-state index in [0.717, 1.165) is 11.1 Å². The van der Waals surface area contributed by atoms with Crippen molar-refractivity contribution >= 4 is 118 Å². The number of rotatable bonds is 43. The Balaban J connectivity index is 0.000000455. The molecule has 2 aromatic rings. The van der Waals surface area contributed by atoms with Gasteiger partial charge in [0.1, 0.15) is 78.5 Å². The second kappa shape index (κ2) is 50.1.